The van der Waals surface area contributed by atoms with E-state index in [2.05, 4.69) is 5.32 Å². The summed E-state index contributed by atoms with van der Waals surface area (Å²) in [4.78, 5) is 26.4. The van der Waals surface area contributed by atoms with Crippen LogP contribution in [0.2, 0.25) is 0 Å². The average molecular weight is 404 g/mol. The molecule has 1 aromatic carbocycles. The van der Waals surface area contributed by atoms with Crippen molar-refractivity contribution in [3.8, 4) is 11.5 Å². The van der Waals surface area contributed by atoms with Gasteiger partial charge in [0, 0.05) is 4.88 Å². The topological polar surface area (TPSA) is 73.9 Å². The van der Waals surface area contributed by atoms with Crippen LogP contribution in [0.1, 0.15) is 47.0 Å². The fraction of sp³-hybridized carbons (Fsp3) is 0.429. The molecule has 0 saturated heterocycles. The second-order valence-corrected chi connectivity index (χ2v) is 7.67. The molecule has 1 aromatic heterocycles. The minimum atomic E-state index is -0.707. The molecular weight excluding hydrogens is 378 g/mol. The molecule has 1 atom stereocenters. The van der Waals surface area contributed by atoms with Crippen LogP contribution in [-0.4, -0.2) is 32.2 Å². The Balaban J connectivity index is 1.83. The number of aryl methyl sites for hydroxylation is 1. The first-order valence-electron chi connectivity index (χ1n) is 9.42. The van der Waals surface area contributed by atoms with Crippen molar-refractivity contribution in [2.45, 2.75) is 45.1 Å². The van der Waals surface area contributed by atoms with Gasteiger partial charge in [0.05, 0.1) is 19.8 Å². The first kappa shape index (κ1) is 20.2. The summed E-state index contributed by atoms with van der Waals surface area (Å²) < 4.78 is 16.2. The van der Waals surface area contributed by atoms with E-state index in [4.69, 9.17) is 14.2 Å². The number of fused-ring (bicyclic) bond motifs is 1. The van der Waals surface area contributed by atoms with E-state index in [-0.39, 0.29) is 5.91 Å². The second-order valence-electron chi connectivity index (χ2n) is 6.56. The van der Waals surface area contributed by atoms with E-state index in [0.717, 1.165) is 36.1 Å². The van der Waals surface area contributed by atoms with Gasteiger partial charge in [-0.25, -0.2) is 4.79 Å². The Morgan fingerprint density at radius 2 is 1.86 bits per heavy atom. The number of anilines is 1. The van der Waals surface area contributed by atoms with Crippen LogP contribution >= 0.6 is 11.3 Å². The molecule has 1 amide bonds. The summed E-state index contributed by atoms with van der Waals surface area (Å²) in [5, 5.41) is 3.45. The van der Waals surface area contributed by atoms with E-state index in [1.54, 1.807) is 19.2 Å². The van der Waals surface area contributed by atoms with E-state index in [1.807, 2.05) is 19.1 Å². The molecule has 1 aliphatic rings. The summed E-state index contributed by atoms with van der Waals surface area (Å²) in [5.74, 6) is 0.367. The normalized spacial score (nSPS) is 14.0. The molecule has 0 radical (unpaired) electrons. The van der Waals surface area contributed by atoms with Crippen LogP contribution < -0.4 is 14.8 Å². The second kappa shape index (κ2) is 9.10. The van der Waals surface area contributed by atoms with Crippen LogP contribution in [0.15, 0.2) is 24.3 Å². The van der Waals surface area contributed by atoms with Gasteiger partial charge in [-0.1, -0.05) is 19.1 Å². The van der Waals surface area contributed by atoms with Gasteiger partial charge in [-0.15, -0.1) is 11.3 Å². The van der Waals surface area contributed by atoms with Crippen LogP contribution in [0.5, 0.6) is 11.5 Å². The number of thiophene rings is 1. The third-order valence-corrected chi connectivity index (χ3v) is 6.01. The number of esters is 1. The smallest absolute Gasteiger partial charge is 0.341 e. The van der Waals surface area contributed by atoms with Gasteiger partial charge in [-0.3, -0.25) is 4.79 Å². The first-order chi connectivity index (χ1) is 13.6. The van der Waals surface area contributed by atoms with Crippen molar-refractivity contribution >= 4 is 28.2 Å². The molecule has 28 heavy (non-hydrogen) atoms. The zero-order valence-electron chi connectivity index (χ0n) is 16.4. The molecular formula is C21H25NO5S. The standard InChI is InChI=1S/C21H25NO5S/c1-4-14(27-16-11-7-6-10-15(16)25-2)19(23)22-20-18(21(24)26-3)13-9-5-8-12-17(13)28-20/h6-7,10-11,14H,4-5,8-9,12H2,1-3H3,(H,22,23)/t14-/m0/s1. The molecule has 0 fully saturated rings. The minimum Gasteiger partial charge on any atom is -0.493 e. The number of methoxy groups -OCH3 is 2. The molecule has 150 valence electrons. The fourth-order valence-corrected chi connectivity index (χ4v) is 4.64. The lowest BCUT2D eigenvalue weighted by Gasteiger charge is -2.18. The molecule has 0 unspecified atom stereocenters. The van der Waals surface area contributed by atoms with Gasteiger partial charge in [-0.05, 0) is 49.8 Å². The van der Waals surface area contributed by atoms with Crippen LogP contribution in [0.25, 0.3) is 0 Å². The molecule has 1 heterocycles. The molecule has 0 bridgehead atoms. The maximum Gasteiger partial charge on any atom is 0.341 e. The zero-order valence-corrected chi connectivity index (χ0v) is 17.2. The van der Waals surface area contributed by atoms with Crippen molar-refractivity contribution in [2.24, 2.45) is 0 Å². The van der Waals surface area contributed by atoms with Crippen LogP contribution in [0.3, 0.4) is 0 Å². The number of hydrogen-bond acceptors (Lipinski definition) is 6. The summed E-state index contributed by atoms with van der Waals surface area (Å²) in [7, 11) is 2.92. The molecule has 2 aromatic rings. The Kier molecular flexibility index (Phi) is 6.57. The number of hydrogen-bond donors (Lipinski definition) is 1. The summed E-state index contributed by atoms with van der Waals surface area (Å²) in [6.07, 6.45) is 3.66. The Morgan fingerprint density at radius 3 is 2.54 bits per heavy atom. The SMILES string of the molecule is CC[C@H](Oc1ccccc1OC)C(=O)Nc1sc2c(c1C(=O)OC)CCCC2. The minimum absolute atomic E-state index is 0.294. The predicted molar refractivity (Wildman–Crippen MR) is 109 cm³/mol. The molecule has 0 saturated carbocycles. The lowest BCUT2D eigenvalue weighted by molar-refractivity contribution is -0.122. The van der Waals surface area contributed by atoms with E-state index in [0.29, 0.717) is 28.5 Å². The number of nitrogens with one attached hydrogen (secondary N) is 1. The van der Waals surface area contributed by atoms with Gasteiger partial charge < -0.3 is 19.5 Å². The highest BCUT2D eigenvalue weighted by atomic mass is 32.1. The highest BCUT2D eigenvalue weighted by Crippen LogP contribution is 2.38. The van der Waals surface area contributed by atoms with Crippen LogP contribution in [0, 0.1) is 0 Å². The molecule has 6 nitrogen and oxygen atoms in total. The van der Waals surface area contributed by atoms with E-state index >= 15 is 0 Å². The van der Waals surface area contributed by atoms with Crippen molar-refractivity contribution < 1.29 is 23.8 Å². The number of carbonyl (C=O) groups excluding carboxylic acids is 2. The van der Waals surface area contributed by atoms with Crippen molar-refractivity contribution in [1.29, 1.82) is 0 Å². The molecule has 1 N–H and O–H groups in total. The molecule has 0 spiro atoms. The molecule has 1 aliphatic carbocycles. The quantitative estimate of drug-likeness (QED) is 0.701. The van der Waals surface area contributed by atoms with Crippen LogP contribution in [-0.2, 0) is 22.4 Å². The maximum absolute atomic E-state index is 12.9. The summed E-state index contributed by atoms with van der Waals surface area (Å²) in [6, 6.07) is 7.21. The zero-order chi connectivity index (χ0) is 20.1. The van der Waals surface area contributed by atoms with Gasteiger partial charge in [0.15, 0.2) is 17.6 Å². The van der Waals surface area contributed by atoms with Crippen molar-refractivity contribution in [3.05, 3.63) is 40.3 Å². The van der Waals surface area contributed by atoms with Crippen molar-refractivity contribution in [1.82, 2.24) is 0 Å². The Labute approximate surface area is 168 Å². The van der Waals surface area contributed by atoms with Gasteiger partial charge in [-0.2, -0.15) is 0 Å². The average Bonchev–Trinajstić information content (AvgIpc) is 3.09. The van der Waals surface area contributed by atoms with Gasteiger partial charge in [0.1, 0.15) is 5.00 Å². The van der Waals surface area contributed by atoms with Crippen molar-refractivity contribution in [2.75, 3.05) is 19.5 Å². The highest BCUT2D eigenvalue weighted by Gasteiger charge is 2.29. The van der Waals surface area contributed by atoms with Crippen LogP contribution in [0.4, 0.5) is 5.00 Å². The number of carbonyl (C=O) groups is 2. The molecule has 3 rings (SSSR count). The number of benzene rings is 1. The van der Waals surface area contributed by atoms with E-state index in [9.17, 15) is 9.59 Å². The highest BCUT2D eigenvalue weighted by molar-refractivity contribution is 7.17. The third kappa shape index (κ3) is 4.14. The van der Waals surface area contributed by atoms with Gasteiger partial charge in [0.2, 0.25) is 0 Å². The summed E-state index contributed by atoms with van der Waals surface area (Å²) >= 11 is 1.46. The van der Waals surface area contributed by atoms with E-state index in [1.165, 1.54) is 18.4 Å². The maximum atomic E-state index is 12.9. The Hall–Kier alpha value is -2.54. The number of para-hydroxylation sites is 2. The lowest BCUT2D eigenvalue weighted by atomic mass is 9.95. The monoisotopic (exact) mass is 403 g/mol. The first-order valence-corrected chi connectivity index (χ1v) is 10.2. The number of ether oxygens (including phenoxy) is 3. The number of amides is 1. The molecule has 0 aliphatic heterocycles. The van der Waals surface area contributed by atoms with Gasteiger partial charge in [0.25, 0.3) is 5.91 Å². The summed E-state index contributed by atoms with van der Waals surface area (Å²) in [5.41, 5.74) is 1.50. The largest absolute Gasteiger partial charge is 0.493 e. The summed E-state index contributed by atoms with van der Waals surface area (Å²) in [6.45, 7) is 1.88. The Morgan fingerprint density at radius 1 is 1.14 bits per heavy atom. The van der Waals surface area contributed by atoms with E-state index < -0.39 is 12.1 Å². The predicted octanol–water partition coefficient (Wildman–Crippen LogP) is 4.22. The number of rotatable bonds is 7. The third-order valence-electron chi connectivity index (χ3n) is 4.80. The van der Waals surface area contributed by atoms with Gasteiger partial charge >= 0.3 is 5.97 Å². The van der Waals surface area contributed by atoms with Crippen molar-refractivity contribution in [3.63, 3.8) is 0 Å². The lowest BCUT2D eigenvalue weighted by Crippen LogP contribution is -2.32. The fourth-order valence-electron chi connectivity index (χ4n) is 3.36. The molecule has 7 heteroatoms. The Bertz CT molecular complexity index is 860.